The van der Waals surface area contributed by atoms with E-state index in [-0.39, 0.29) is 17.5 Å². The highest BCUT2D eigenvalue weighted by Crippen LogP contribution is 2.26. The zero-order valence-corrected chi connectivity index (χ0v) is 12.8. The summed E-state index contributed by atoms with van der Waals surface area (Å²) in [5.74, 6) is -0.295. The monoisotopic (exact) mass is 304 g/mol. The van der Waals surface area contributed by atoms with Gasteiger partial charge in [-0.15, -0.1) is 11.8 Å². The third-order valence-electron chi connectivity index (χ3n) is 2.98. The van der Waals surface area contributed by atoms with Gasteiger partial charge in [0.05, 0.1) is 5.75 Å². The summed E-state index contributed by atoms with van der Waals surface area (Å²) in [7, 11) is 0. The highest BCUT2D eigenvalue weighted by Gasteiger charge is 2.07. The summed E-state index contributed by atoms with van der Waals surface area (Å²) in [6.45, 7) is 3.65. The lowest BCUT2D eigenvalue weighted by molar-refractivity contribution is -0.113. The normalized spacial score (nSPS) is 10.4. The second-order valence-electron chi connectivity index (χ2n) is 4.84. The molecule has 0 saturated heterocycles. The summed E-state index contributed by atoms with van der Waals surface area (Å²) in [5, 5.41) is 2.67. The Morgan fingerprint density at radius 1 is 1.24 bits per heavy atom. The summed E-state index contributed by atoms with van der Waals surface area (Å²) in [6.07, 6.45) is 0. The Morgan fingerprint density at radius 3 is 2.71 bits per heavy atom. The summed E-state index contributed by atoms with van der Waals surface area (Å²) in [6, 6.07) is 10.3. The van der Waals surface area contributed by atoms with E-state index >= 15 is 0 Å². The molecule has 110 valence electrons. The van der Waals surface area contributed by atoms with Crippen LogP contribution in [0.25, 0.3) is 0 Å². The fourth-order valence-corrected chi connectivity index (χ4v) is 2.64. The molecule has 0 radical (unpaired) electrons. The van der Waals surface area contributed by atoms with Gasteiger partial charge in [-0.3, -0.25) is 4.79 Å². The van der Waals surface area contributed by atoms with E-state index in [1.165, 1.54) is 17.8 Å². The van der Waals surface area contributed by atoms with Crippen molar-refractivity contribution in [1.82, 2.24) is 0 Å². The van der Waals surface area contributed by atoms with Gasteiger partial charge in [-0.2, -0.15) is 0 Å². The molecule has 5 heteroatoms. The number of benzene rings is 2. The number of carbonyl (C=O) groups excluding carboxylic acids is 1. The van der Waals surface area contributed by atoms with E-state index in [1.807, 2.05) is 25.1 Å². The lowest BCUT2D eigenvalue weighted by Gasteiger charge is -2.08. The number of nitrogen functional groups attached to an aromatic ring is 1. The van der Waals surface area contributed by atoms with E-state index < -0.39 is 0 Å². The molecule has 1 amide bonds. The topological polar surface area (TPSA) is 55.1 Å². The summed E-state index contributed by atoms with van der Waals surface area (Å²) in [4.78, 5) is 12.8. The van der Waals surface area contributed by atoms with Crippen LogP contribution >= 0.6 is 11.8 Å². The van der Waals surface area contributed by atoms with E-state index in [4.69, 9.17) is 5.73 Å². The summed E-state index contributed by atoms with van der Waals surface area (Å²) in [5.41, 5.74) is 8.62. The van der Waals surface area contributed by atoms with Crippen molar-refractivity contribution < 1.29 is 9.18 Å². The van der Waals surface area contributed by atoms with Crippen LogP contribution in [0.2, 0.25) is 0 Å². The average Bonchev–Trinajstić information content (AvgIpc) is 2.44. The third kappa shape index (κ3) is 4.23. The van der Waals surface area contributed by atoms with Crippen molar-refractivity contribution >= 4 is 29.0 Å². The van der Waals surface area contributed by atoms with E-state index in [1.54, 1.807) is 19.1 Å². The van der Waals surface area contributed by atoms with E-state index in [9.17, 15) is 9.18 Å². The van der Waals surface area contributed by atoms with E-state index in [0.717, 1.165) is 10.5 Å². The standard InChI is InChI=1S/C16H17FN2OS/c1-10-3-6-14(18)15(7-10)21-9-16(20)19-12-5-4-11(2)13(17)8-12/h3-8H,9,18H2,1-2H3,(H,19,20). The molecule has 0 heterocycles. The number of hydrogen-bond donors (Lipinski definition) is 2. The van der Waals surface area contributed by atoms with Gasteiger partial charge in [-0.1, -0.05) is 12.1 Å². The molecular weight excluding hydrogens is 287 g/mol. The van der Waals surface area contributed by atoms with Crippen molar-refractivity contribution in [2.75, 3.05) is 16.8 Å². The molecule has 0 aliphatic carbocycles. The Bertz CT molecular complexity index is 673. The number of rotatable bonds is 4. The molecule has 0 aromatic heterocycles. The van der Waals surface area contributed by atoms with Gasteiger partial charge in [-0.25, -0.2) is 4.39 Å². The minimum Gasteiger partial charge on any atom is -0.398 e. The van der Waals surface area contributed by atoms with Crippen molar-refractivity contribution in [2.45, 2.75) is 18.7 Å². The molecule has 0 spiro atoms. The second kappa shape index (κ2) is 6.63. The summed E-state index contributed by atoms with van der Waals surface area (Å²) >= 11 is 1.37. The first-order valence-corrected chi connectivity index (χ1v) is 7.49. The van der Waals surface area contributed by atoms with E-state index in [0.29, 0.717) is 16.9 Å². The first-order chi connectivity index (χ1) is 9.95. The number of nitrogens with two attached hydrogens (primary N) is 1. The highest BCUT2D eigenvalue weighted by molar-refractivity contribution is 8.00. The predicted molar refractivity (Wildman–Crippen MR) is 86.1 cm³/mol. The van der Waals surface area contributed by atoms with E-state index in [2.05, 4.69) is 5.32 Å². The van der Waals surface area contributed by atoms with Crippen LogP contribution in [0.4, 0.5) is 15.8 Å². The van der Waals surface area contributed by atoms with Gasteiger partial charge in [0.15, 0.2) is 0 Å². The molecular formula is C16H17FN2OS. The molecule has 0 bridgehead atoms. The van der Waals surface area contributed by atoms with Crippen LogP contribution in [0.3, 0.4) is 0 Å². The number of hydrogen-bond acceptors (Lipinski definition) is 3. The zero-order chi connectivity index (χ0) is 15.4. The molecule has 0 atom stereocenters. The van der Waals surface area contributed by atoms with Crippen LogP contribution in [0, 0.1) is 19.7 Å². The molecule has 2 aromatic rings. The maximum Gasteiger partial charge on any atom is 0.234 e. The molecule has 2 aromatic carbocycles. The maximum atomic E-state index is 13.4. The molecule has 2 rings (SSSR count). The lowest BCUT2D eigenvalue weighted by Crippen LogP contribution is -2.14. The Balaban J connectivity index is 1.95. The van der Waals surface area contributed by atoms with Crippen LogP contribution in [0.15, 0.2) is 41.3 Å². The van der Waals surface area contributed by atoms with Crippen molar-refractivity contribution in [3.63, 3.8) is 0 Å². The van der Waals surface area contributed by atoms with Crippen LogP contribution < -0.4 is 11.1 Å². The lowest BCUT2D eigenvalue weighted by atomic mass is 10.2. The van der Waals surface area contributed by atoms with Crippen LogP contribution in [0.5, 0.6) is 0 Å². The highest BCUT2D eigenvalue weighted by atomic mass is 32.2. The molecule has 0 aliphatic rings. The van der Waals surface area contributed by atoms with Gasteiger partial charge >= 0.3 is 0 Å². The summed E-state index contributed by atoms with van der Waals surface area (Å²) < 4.78 is 13.4. The molecule has 21 heavy (non-hydrogen) atoms. The van der Waals surface area contributed by atoms with Crippen molar-refractivity contribution in [2.24, 2.45) is 0 Å². The fourth-order valence-electron chi connectivity index (χ4n) is 1.78. The Hall–Kier alpha value is -2.01. The number of thioether (sulfide) groups is 1. The Kier molecular flexibility index (Phi) is 4.85. The van der Waals surface area contributed by atoms with Crippen LogP contribution in [-0.4, -0.2) is 11.7 Å². The molecule has 0 unspecified atom stereocenters. The number of halogens is 1. The SMILES string of the molecule is Cc1ccc(N)c(SCC(=O)Nc2ccc(C)c(F)c2)c1. The molecule has 3 N–H and O–H groups in total. The largest absolute Gasteiger partial charge is 0.398 e. The molecule has 0 saturated carbocycles. The average molecular weight is 304 g/mol. The minimum atomic E-state index is -0.330. The number of amides is 1. The molecule has 0 fully saturated rings. The predicted octanol–water partition coefficient (Wildman–Crippen LogP) is 3.76. The minimum absolute atomic E-state index is 0.191. The number of nitrogens with one attached hydrogen (secondary N) is 1. The van der Waals surface area contributed by atoms with Gasteiger partial charge < -0.3 is 11.1 Å². The first-order valence-electron chi connectivity index (χ1n) is 6.50. The van der Waals surface area contributed by atoms with Crippen molar-refractivity contribution in [1.29, 1.82) is 0 Å². The van der Waals surface area contributed by atoms with Gasteiger partial charge in [0.1, 0.15) is 5.82 Å². The number of aryl methyl sites for hydroxylation is 2. The molecule has 3 nitrogen and oxygen atoms in total. The van der Waals surface area contributed by atoms with Crippen LogP contribution in [0.1, 0.15) is 11.1 Å². The first kappa shape index (κ1) is 15.4. The molecule has 0 aliphatic heterocycles. The Labute approximate surface area is 127 Å². The van der Waals surface area contributed by atoms with Gasteiger partial charge in [-0.05, 0) is 49.2 Å². The van der Waals surface area contributed by atoms with Crippen molar-refractivity contribution in [3.05, 3.63) is 53.3 Å². The van der Waals surface area contributed by atoms with Gasteiger partial charge in [0.25, 0.3) is 0 Å². The second-order valence-corrected chi connectivity index (χ2v) is 5.86. The van der Waals surface area contributed by atoms with Crippen LogP contribution in [-0.2, 0) is 4.79 Å². The quantitative estimate of drug-likeness (QED) is 0.668. The third-order valence-corrected chi connectivity index (χ3v) is 4.05. The number of carbonyl (C=O) groups is 1. The van der Waals surface area contributed by atoms with Gasteiger partial charge in [0, 0.05) is 16.3 Å². The maximum absolute atomic E-state index is 13.4. The zero-order valence-electron chi connectivity index (χ0n) is 11.9. The fraction of sp³-hybridized carbons (Fsp3) is 0.188. The Morgan fingerprint density at radius 2 is 2.00 bits per heavy atom. The number of anilines is 2. The smallest absolute Gasteiger partial charge is 0.234 e. The van der Waals surface area contributed by atoms with Crippen molar-refractivity contribution in [3.8, 4) is 0 Å². The van der Waals surface area contributed by atoms with Gasteiger partial charge in [0.2, 0.25) is 5.91 Å².